The van der Waals surface area contributed by atoms with Gasteiger partial charge in [-0.25, -0.2) is 0 Å². The fourth-order valence-electron chi connectivity index (χ4n) is 0.250. The summed E-state index contributed by atoms with van der Waals surface area (Å²) in [7, 11) is 0. The third-order valence-corrected chi connectivity index (χ3v) is 0.500. The van der Waals surface area contributed by atoms with Crippen molar-refractivity contribution in [2.24, 2.45) is 0 Å². The fraction of sp³-hybridized carbons (Fsp3) is 1.00. The molecule has 0 spiro atoms. The van der Waals surface area contributed by atoms with Gasteiger partial charge < -0.3 is 5.32 Å². The monoisotopic (exact) mass is 163 g/mol. The first kappa shape index (κ1) is 9.96. The molecule has 6 heavy (non-hydrogen) atoms. The van der Waals surface area contributed by atoms with E-state index < -0.39 is 0 Å². The summed E-state index contributed by atoms with van der Waals surface area (Å²) in [6, 6.07) is 0. The van der Waals surface area contributed by atoms with Crippen molar-refractivity contribution in [1.82, 2.24) is 5.32 Å². The van der Waals surface area contributed by atoms with E-state index in [2.05, 4.69) is 19.2 Å². The van der Waals surface area contributed by atoms with Gasteiger partial charge in [-0.2, -0.15) is 0 Å². The van der Waals surface area contributed by atoms with Crippen LogP contribution in [0.15, 0.2) is 0 Å². The van der Waals surface area contributed by atoms with Gasteiger partial charge in [0.05, 0.1) is 0 Å². The Hall–Kier alpha value is 0.843. The molecule has 0 unspecified atom stereocenters. The summed E-state index contributed by atoms with van der Waals surface area (Å²) in [6.07, 6.45) is 0. The maximum atomic E-state index is 3.11. The molecule has 0 bridgehead atoms. The second-order valence-corrected chi connectivity index (χ2v) is 0.957. The zero-order valence-electron chi connectivity index (χ0n) is 4.41. The van der Waals surface area contributed by atoms with Gasteiger partial charge in [-0.1, -0.05) is 13.8 Å². The molecule has 2 heteroatoms. The van der Waals surface area contributed by atoms with E-state index in [1.165, 1.54) is 0 Å². The molecule has 0 aliphatic rings. The van der Waals surface area contributed by atoms with Crippen LogP contribution in [0, 0.1) is 0 Å². The van der Waals surface area contributed by atoms with E-state index in [4.69, 9.17) is 0 Å². The van der Waals surface area contributed by atoms with Crippen molar-refractivity contribution in [1.29, 1.82) is 0 Å². The van der Waals surface area contributed by atoms with Crippen LogP contribution in [0.25, 0.3) is 0 Å². The second kappa shape index (κ2) is 9.28. The van der Waals surface area contributed by atoms with Gasteiger partial charge in [0.25, 0.3) is 0 Å². The van der Waals surface area contributed by atoms with E-state index in [-0.39, 0.29) is 26.2 Å². The first-order valence-electron chi connectivity index (χ1n) is 2.12. The van der Waals surface area contributed by atoms with Crippen molar-refractivity contribution in [2.45, 2.75) is 13.8 Å². The summed E-state index contributed by atoms with van der Waals surface area (Å²) in [6.45, 7) is 6.39. The molecule has 0 rings (SSSR count). The van der Waals surface area contributed by atoms with Gasteiger partial charge in [0.15, 0.2) is 0 Å². The molecule has 0 saturated heterocycles. The van der Waals surface area contributed by atoms with Crippen molar-refractivity contribution in [3.63, 3.8) is 0 Å². The molecule has 1 nitrogen and oxygen atoms in total. The average molecular weight is 164 g/mol. The minimum atomic E-state index is 0. The Kier molecular flexibility index (Phi) is 15.4. The maximum absolute atomic E-state index is 3.11. The Balaban J connectivity index is 0. The quantitative estimate of drug-likeness (QED) is 0.631. The van der Waals surface area contributed by atoms with Crippen LogP contribution in [0.3, 0.4) is 0 Å². The van der Waals surface area contributed by atoms with Gasteiger partial charge in [0, 0.05) is 26.2 Å². The summed E-state index contributed by atoms with van der Waals surface area (Å²) < 4.78 is 0. The van der Waals surface area contributed by atoms with Gasteiger partial charge in [-0.3, -0.25) is 0 Å². The molecule has 0 aromatic rings. The van der Waals surface area contributed by atoms with E-state index in [0.717, 1.165) is 13.1 Å². The Morgan fingerprint density at radius 2 is 1.50 bits per heavy atom. The first-order chi connectivity index (χ1) is 2.41. The Morgan fingerprint density at radius 1 is 1.17 bits per heavy atom. The molecular formula is C4H11NZr. The summed E-state index contributed by atoms with van der Waals surface area (Å²) in [4.78, 5) is 0. The van der Waals surface area contributed by atoms with Crippen LogP contribution in [-0.4, -0.2) is 13.1 Å². The summed E-state index contributed by atoms with van der Waals surface area (Å²) in [5.41, 5.74) is 0. The molecule has 0 heterocycles. The van der Waals surface area contributed by atoms with Crippen molar-refractivity contribution in [2.75, 3.05) is 13.1 Å². The molecule has 0 aromatic heterocycles. The Bertz CT molecular complexity index is 15.0. The van der Waals surface area contributed by atoms with Crippen molar-refractivity contribution in [3.8, 4) is 0 Å². The first-order valence-corrected chi connectivity index (χ1v) is 2.12. The molecule has 0 amide bonds. The summed E-state index contributed by atoms with van der Waals surface area (Å²) >= 11 is 0. The zero-order chi connectivity index (χ0) is 4.12. The molecule has 1 N–H and O–H groups in total. The van der Waals surface area contributed by atoms with Crippen LogP contribution in [0.2, 0.25) is 0 Å². The van der Waals surface area contributed by atoms with Crippen LogP contribution in [-0.2, 0) is 26.2 Å². The summed E-state index contributed by atoms with van der Waals surface area (Å²) in [5, 5.41) is 3.11. The predicted molar refractivity (Wildman–Crippen MR) is 24.2 cm³/mol. The SMILES string of the molecule is CCNCC.[Zr]. The smallest absolute Gasteiger partial charge is 0 e. The number of nitrogens with one attached hydrogen (secondary N) is 1. The molecule has 0 aliphatic carbocycles. The number of rotatable bonds is 2. The minimum absolute atomic E-state index is 0. The predicted octanol–water partition coefficient (Wildman–Crippen LogP) is 0.613. The van der Waals surface area contributed by atoms with Gasteiger partial charge >= 0.3 is 0 Å². The standard InChI is InChI=1S/C4H11N.Zr/c1-3-5-4-2;/h5H,3-4H2,1-2H3;. The normalized spacial score (nSPS) is 7.00. The molecular weight excluding hydrogens is 153 g/mol. The molecule has 0 aliphatic heterocycles. The van der Waals surface area contributed by atoms with Crippen molar-refractivity contribution < 1.29 is 26.2 Å². The van der Waals surface area contributed by atoms with E-state index in [9.17, 15) is 0 Å². The largest absolute Gasteiger partial charge is 0.317 e. The molecule has 0 atom stereocenters. The van der Waals surface area contributed by atoms with Crippen LogP contribution < -0.4 is 5.32 Å². The minimum Gasteiger partial charge on any atom is -0.317 e. The maximum Gasteiger partial charge on any atom is 0 e. The van der Waals surface area contributed by atoms with E-state index in [0.29, 0.717) is 0 Å². The van der Waals surface area contributed by atoms with Crippen LogP contribution in [0.1, 0.15) is 13.8 Å². The molecule has 36 valence electrons. The summed E-state index contributed by atoms with van der Waals surface area (Å²) in [5.74, 6) is 0. The Morgan fingerprint density at radius 3 is 1.50 bits per heavy atom. The van der Waals surface area contributed by atoms with Gasteiger partial charge in [0.2, 0.25) is 0 Å². The number of hydrogen-bond donors (Lipinski definition) is 1. The molecule has 0 aromatic carbocycles. The van der Waals surface area contributed by atoms with Crippen molar-refractivity contribution >= 4 is 0 Å². The topological polar surface area (TPSA) is 12.0 Å². The van der Waals surface area contributed by atoms with Crippen molar-refractivity contribution in [3.05, 3.63) is 0 Å². The average Bonchev–Trinajstić information content (AvgIpc) is 1.41. The Labute approximate surface area is 58.6 Å². The molecule has 0 fully saturated rings. The van der Waals surface area contributed by atoms with Crippen LogP contribution in [0.5, 0.6) is 0 Å². The van der Waals surface area contributed by atoms with Gasteiger partial charge in [-0.15, -0.1) is 0 Å². The fourth-order valence-corrected chi connectivity index (χ4v) is 0.250. The van der Waals surface area contributed by atoms with E-state index >= 15 is 0 Å². The molecule has 0 radical (unpaired) electrons. The van der Waals surface area contributed by atoms with E-state index in [1.54, 1.807) is 0 Å². The van der Waals surface area contributed by atoms with Crippen LogP contribution >= 0.6 is 0 Å². The zero-order valence-corrected chi connectivity index (χ0v) is 6.87. The number of hydrogen-bond acceptors (Lipinski definition) is 1. The van der Waals surface area contributed by atoms with Crippen LogP contribution in [0.4, 0.5) is 0 Å². The molecule has 0 saturated carbocycles. The van der Waals surface area contributed by atoms with Gasteiger partial charge in [-0.05, 0) is 13.1 Å². The van der Waals surface area contributed by atoms with Gasteiger partial charge in [0.1, 0.15) is 0 Å². The third-order valence-electron chi connectivity index (χ3n) is 0.500. The third kappa shape index (κ3) is 8.85. The second-order valence-electron chi connectivity index (χ2n) is 0.957. The van der Waals surface area contributed by atoms with E-state index in [1.807, 2.05) is 0 Å².